The first-order chi connectivity index (χ1) is 12.9. The van der Waals surface area contributed by atoms with Crippen molar-refractivity contribution in [1.29, 1.82) is 0 Å². The van der Waals surface area contributed by atoms with Gasteiger partial charge in [-0.1, -0.05) is 17.7 Å². The van der Waals surface area contributed by atoms with Crippen LogP contribution in [-0.4, -0.2) is 16.3 Å². The molecule has 1 aromatic heterocycles. The molecule has 0 atom stereocenters. The number of benzene rings is 2. The molecule has 1 heterocycles. The molecule has 3 rings (SSSR count). The molecule has 0 amide bonds. The molecule has 0 fully saturated rings. The smallest absolute Gasteiger partial charge is 0.269 e. The summed E-state index contributed by atoms with van der Waals surface area (Å²) in [6, 6.07) is 17.7. The van der Waals surface area contributed by atoms with Gasteiger partial charge in [0.05, 0.1) is 27.7 Å². The Morgan fingerprint density at radius 1 is 0.815 bits per heavy atom. The van der Waals surface area contributed by atoms with Crippen LogP contribution in [0.15, 0.2) is 75.1 Å². The van der Waals surface area contributed by atoms with Gasteiger partial charge in [0.15, 0.2) is 0 Å². The molecule has 27 heavy (non-hydrogen) atoms. The molecule has 0 bridgehead atoms. The second kappa shape index (κ2) is 7.78. The van der Waals surface area contributed by atoms with E-state index in [-0.39, 0.29) is 5.69 Å². The molecule has 3 aromatic rings. The highest BCUT2D eigenvalue weighted by atomic mass is 16.6. The zero-order valence-corrected chi connectivity index (χ0v) is 15.3. The number of aliphatic imine (C=N–C) groups is 2. The quantitative estimate of drug-likeness (QED) is 0.328. The van der Waals surface area contributed by atoms with E-state index >= 15 is 0 Å². The van der Waals surface area contributed by atoms with Crippen LogP contribution in [0.1, 0.15) is 30.9 Å². The van der Waals surface area contributed by atoms with Crippen molar-refractivity contribution >= 4 is 28.5 Å². The van der Waals surface area contributed by atoms with Crippen LogP contribution >= 0.6 is 0 Å². The predicted molar refractivity (Wildman–Crippen MR) is 107 cm³/mol. The number of non-ortho nitro benzene ring substituents is 1. The first-order valence-corrected chi connectivity index (χ1v) is 8.44. The fourth-order valence-electron chi connectivity index (χ4n) is 2.49. The normalized spacial score (nSPS) is 12.3. The number of furan rings is 1. The number of hydrogen-bond acceptors (Lipinski definition) is 5. The molecule has 6 heteroatoms. The van der Waals surface area contributed by atoms with Crippen molar-refractivity contribution < 1.29 is 9.34 Å². The summed E-state index contributed by atoms with van der Waals surface area (Å²) >= 11 is 0. The van der Waals surface area contributed by atoms with Crippen molar-refractivity contribution in [3.63, 3.8) is 0 Å². The average Bonchev–Trinajstić information content (AvgIpc) is 3.14. The number of nitro groups is 1. The van der Waals surface area contributed by atoms with Crippen molar-refractivity contribution in [2.75, 3.05) is 0 Å². The Morgan fingerprint density at radius 2 is 1.26 bits per heavy atom. The van der Waals surface area contributed by atoms with Gasteiger partial charge in [0.25, 0.3) is 5.69 Å². The van der Waals surface area contributed by atoms with E-state index in [4.69, 9.17) is 4.42 Å². The molecule has 6 nitrogen and oxygen atoms in total. The number of nitrogens with zero attached hydrogens (tertiary/aromatic N) is 3. The lowest BCUT2D eigenvalue weighted by Gasteiger charge is -2.00. The first kappa shape index (κ1) is 18.3. The molecule has 0 unspecified atom stereocenters. The molecule has 0 radical (unpaired) electrons. The minimum absolute atomic E-state index is 0.0369. The van der Waals surface area contributed by atoms with Gasteiger partial charge in [-0.3, -0.25) is 10.1 Å². The summed E-state index contributed by atoms with van der Waals surface area (Å²) in [6.45, 7) is 5.76. The van der Waals surface area contributed by atoms with E-state index in [2.05, 4.69) is 9.98 Å². The van der Waals surface area contributed by atoms with Crippen LogP contribution in [-0.2, 0) is 0 Å². The summed E-state index contributed by atoms with van der Waals surface area (Å²) in [5.74, 6) is 1.30. The molecule has 0 saturated carbocycles. The van der Waals surface area contributed by atoms with Crippen LogP contribution < -0.4 is 0 Å². The van der Waals surface area contributed by atoms with Crippen molar-refractivity contribution in [3.05, 3.63) is 87.9 Å². The van der Waals surface area contributed by atoms with Crippen LogP contribution in [0.5, 0.6) is 0 Å². The number of hydrogen-bond donors (Lipinski definition) is 0. The fourth-order valence-corrected chi connectivity index (χ4v) is 2.49. The highest BCUT2D eigenvalue weighted by molar-refractivity contribution is 6.01. The van der Waals surface area contributed by atoms with Crippen molar-refractivity contribution in [3.8, 4) is 0 Å². The largest absolute Gasteiger partial charge is 0.454 e. The zero-order valence-electron chi connectivity index (χ0n) is 15.3. The first-order valence-electron chi connectivity index (χ1n) is 8.44. The number of nitro benzene ring substituents is 1. The number of aryl methyl sites for hydroxylation is 1. The molecular formula is C21H19N3O3. The van der Waals surface area contributed by atoms with Crippen molar-refractivity contribution in [2.45, 2.75) is 20.8 Å². The molecule has 2 aromatic carbocycles. The van der Waals surface area contributed by atoms with E-state index in [1.54, 1.807) is 12.1 Å². The Morgan fingerprint density at radius 3 is 1.70 bits per heavy atom. The maximum Gasteiger partial charge on any atom is 0.269 e. The molecule has 0 N–H and O–H groups in total. The summed E-state index contributed by atoms with van der Waals surface area (Å²) in [5, 5.41) is 10.7. The SMILES string of the molecule is CC(=Nc1ccc(C)cc1)c1ccc(C(C)=Nc2ccc([N+](=O)[O-])cc2)o1. The number of rotatable bonds is 5. The summed E-state index contributed by atoms with van der Waals surface area (Å²) < 4.78 is 5.87. The van der Waals surface area contributed by atoms with Crippen LogP contribution in [0.3, 0.4) is 0 Å². The van der Waals surface area contributed by atoms with Gasteiger partial charge in [-0.2, -0.15) is 0 Å². The van der Waals surface area contributed by atoms with E-state index < -0.39 is 4.92 Å². The van der Waals surface area contributed by atoms with Gasteiger partial charge >= 0.3 is 0 Å². The average molecular weight is 361 g/mol. The maximum absolute atomic E-state index is 10.7. The molecule has 136 valence electrons. The lowest BCUT2D eigenvalue weighted by Crippen LogP contribution is -1.93. The van der Waals surface area contributed by atoms with Gasteiger partial charge in [-0.15, -0.1) is 0 Å². The van der Waals surface area contributed by atoms with Gasteiger partial charge in [0.1, 0.15) is 11.5 Å². The minimum Gasteiger partial charge on any atom is -0.454 e. The van der Waals surface area contributed by atoms with E-state index in [1.807, 2.05) is 57.2 Å². The summed E-state index contributed by atoms with van der Waals surface area (Å²) in [7, 11) is 0. The highest BCUT2D eigenvalue weighted by Crippen LogP contribution is 2.21. The Kier molecular flexibility index (Phi) is 5.26. The van der Waals surface area contributed by atoms with Crippen molar-refractivity contribution in [2.24, 2.45) is 9.98 Å². The lowest BCUT2D eigenvalue weighted by atomic mass is 10.2. The van der Waals surface area contributed by atoms with Crippen LogP contribution in [0.2, 0.25) is 0 Å². The predicted octanol–water partition coefficient (Wildman–Crippen LogP) is 5.78. The Balaban J connectivity index is 1.79. The van der Waals surface area contributed by atoms with Crippen molar-refractivity contribution in [1.82, 2.24) is 0 Å². The topological polar surface area (TPSA) is 81.0 Å². The molecule has 0 aliphatic heterocycles. The second-order valence-electron chi connectivity index (χ2n) is 6.17. The third-order valence-corrected chi connectivity index (χ3v) is 4.01. The molecule has 0 aliphatic rings. The van der Waals surface area contributed by atoms with E-state index in [9.17, 15) is 10.1 Å². The summed E-state index contributed by atoms with van der Waals surface area (Å²) in [5.41, 5.74) is 4.17. The molecule has 0 saturated heterocycles. The third-order valence-electron chi connectivity index (χ3n) is 4.01. The minimum atomic E-state index is -0.435. The molecule has 0 aliphatic carbocycles. The Bertz CT molecular complexity index is 1010. The van der Waals surface area contributed by atoms with Gasteiger partial charge in [-0.05, 0) is 57.2 Å². The molecule has 0 spiro atoms. The van der Waals surface area contributed by atoms with E-state index in [0.29, 0.717) is 22.9 Å². The Labute approximate surface area is 157 Å². The Hall–Kier alpha value is -3.54. The second-order valence-corrected chi connectivity index (χ2v) is 6.17. The van der Waals surface area contributed by atoms with Gasteiger partial charge < -0.3 is 4.42 Å². The van der Waals surface area contributed by atoms with Crippen LogP contribution in [0.25, 0.3) is 0 Å². The lowest BCUT2D eigenvalue weighted by molar-refractivity contribution is -0.384. The van der Waals surface area contributed by atoms with E-state index in [0.717, 1.165) is 11.4 Å². The standard InChI is InChI=1S/C21H19N3O3/c1-14-4-6-17(7-5-14)22-15(2)20-12-13-21(27-20)16(3)23-18-8-10-19(11-9-18)24(25)26/h4-13H,1-3H3. The maximum atomic E-state index is 10.7. The summed E-state index contributed by atoms with van der Waals surface area (Å²) in [4.78, 5) is 19.3. The summed E-state index contributed by atoms with van der Waals surface area (Å²) in [6.07, 6.45) is 0. The fraction of sp³-hybridized carbons (Fsp3) is 0.143. The van der Waals surface area contributed by atoms with Gasteiger partial charge in [0.2, 0.25) is 0 Å². The van der Waals surface area contributed by atoms with Crippen LogP contribution in [0.4, 0.5) is 17.1 Å². The third kappa shape index (κ3) is 4.55. The van der Waals surface area contributed by atoms with E-state index in [1.165, 1.54) is 17.7 Å². The highest BCUT2D eigenvalue weighted by Gasteiger charge is 2.09. The zero-order chi connectivity index (χ0) is 19.4. The van der Waals surface area contributed by atoms with Gasteiger partial charge in [0, 0.05) is 12.1 Å². The van der Waals surface area contributed by atoms with Gasteiger partial charge in [-0.25, -0.2) is 9.98 Å². The molecular weight excluding hydrogens is 342 g/mol. The monoisotopic (exact) mass is 361 g/mol. The van der Waals surface area contributed by atoms with Crippen LogP contribution in [0, 0.1) is 17.0 Å².